The van der Waals surface area contributed by atoms with Crippen LogP contribution in [-0.2, 0) is 0 Å². The fourth-order valence-electron chi connectivity index (χ4n) is 7.42. The van der Waals surface area contributed by atoms with Crippen molar-refractivity contribution in [3.8, 4) is 45.3 Å². The number of fused-ring (bicyclic) bond motifs is 6. The zero-order chi connectivity index (χ0) is 33.0. The number of hydrogen-bond donors (Lipinski definition) is 0. The monoisotopic (exact) mass is 675 g/mol. The second kappa shape index (κ2) is 12.1. The third-order valence-corrected chi connectivity index (χ3v) is 12.1. The zero-order valence-corrected chi connectivity index (χ0v) is 28.5. The van der Waals surface area contributed by atoms with Crippen molar-refractivity contribution in [3.63, 3.8) is 0 Å². The Hall–Kier alpha value is -5.62. The summed E-state index contributed by atoms with van der Waals surface area (Å²) in [6.07, 6.45) is 6.92. The maximum absolute atomic E-state index is 5.10. The first-order valence-corrected chi connectivity index (χ1v) is 18.5. The highest BCUT2D eigenvalue weighted by atomic mass is 32.2. The summed E-state index contributed by atoms with van der Waals surface area (Å²) in [6, 6.07) is 51.7. The average Bonchev–Trinajstić information content (AvgIpc) is 3.76. The Morgan fingerprint density at radius 1 is 0.480 bits per heavy atom. The lowest BCUT2D eigenvalue weighted by Gasteiger charge is -2.28. The van der Waals surface area contributed by atoms with E-state index >= 15 is 0 Å². The van der Waals surface area contributed by atoms with E-state index < -0.39 is 0 Å². The van der Waals surface area contributed by atoms with Gasteiger partial charge in [0.2, 0.25) is 0 Å². The Morgan fingerprint density at radius 2 is 1.12 bits per heavy atom. The summed E-state index contributed by atoms with van der Waals surface area (Å²) in [5, 5.41) is 2.63. The standard InChI is InChI=1S/C45H29N3S2/c1-3-12-28(13-4-1)43-46-44(29-14-5-2-6-15-29)48-45(47-43)31-23-24-32(30-22-25-34-33-16-7-9-19-38(33)50-41(34)27-30)37(26-31)35-18-11-21-40-42(35)36-17-8-10-20-39(36)49-40/h1-27,35,42H/t35?,42-/m0/s1. The summed E-state index contributed by atoms with van der Waals surface area (Å²) >= 11 is 3.77. The first-order chi connectivity index (χ1) is 24.8. The summed E-state index contributed by atoms with van der Waals surface area (Å²) in [6.45, 7) is 0. The molecule has 0 bridgehead atoms. The van der Waals surface area contributed by atoms with Gasteiger partial charge in [-0.2, -0.15) is 0 Å². The molecule has 8 aromatic rings. The van der Waals surface area contributed by atoms with Crippen molar-refractivity contribution >= 4 is 43.3 Å². The molecule has 3 heterocycles. The highest BCUT2D eigenvalue weighted by Crippen LogP contribution is 2.57. The fraction of sp³-hybridized carbons (Fsp3) is 0.0444. The van der Waals surface area contributed by atoms with Crippen molar-refractivity contribution in [1.29, 1.82) is 0 Å². The molecule has 6 aromatic carbocycles. The molecule has 5 heteroatoms. The van der Waals surface area contributed by atoms with Gasteiger partial charge in [0.25, 0.3) is 0 Å². The lowest BCUT2D eigenvalue weighted by atomic mass is 9.76. The lowest BCUT2D eigenvalue weighted by molar-refractivity contribution is 0.721. The summed E-state index contributed by atoms with van der Waals surface area (Å²) < 4.78 is 2.62. The molecule has 2 aromatic heterocycles. The Labute approximate surface area is 298 Å². The van der Waals surface area contributed by atoms with Crippen molar-refractivity contribution in [3.05, 3.63) is 180 Å². The van der Waals surface area contributed by atoms with Gasteiger partial charge < -0.3 is 0 Å². The van der Waals surface area contributed by atoms with Crippen LogP contribution in [0, 0.1) is 0 Å². The van der Waals surface area contributed by atoms with Gasteiger partial charge in [-0.05, 0) is 51.4 Å². The van der Waals surface area contributed by atoms with E-state index in [4.69, 9.17) is 15.0 Å². The van der Waals surface area contributed by atoms with E-state index in [1.54, 1.807) is 0 Å². The molecular weight excluding hydrogens is 647 g/mol. The topological polar surface area (TPSA) is 38.7 Å². The molecule has 1 unspecified atom stereocenters. The zero-order valence-electron chi connectivity index (χ0n) is 26.9. The predicted octanol–water partition coefficient (Wildman–Crippen LogP) is 12.3. The van der Waals surface area contributed by atoms with E-state index in [9.17, 15) is 0 Å². The van der Waals surface area contributed by atoms with Gasteiger partial charge in [0.15, 0.2) is 17.5 Å². The van der Waals surface area contributed by atoms with Gasteiger partial charge in [0, 0.05) is 53.6 Å². The number of rotatable bonds is 5. The average molecular weight is 676 g/mol. The van der Waals surface area contributed by atoms with Crippen molar-refractivity contribution in [2.75, 3.05) is 0 Å². The Morgan fingerprint density at radius 3 is 1.90 bits per heavy atom. The van der Waals surface area contributed by atoms with E-state index in [1.165, 1.54) is 52.2 Å². The number of thioether (sulfide) groups is 1. The molecule has 0 amide bonds. The smallest absolute Gasteiger partial charge is 0.164 e. The van der Waals surface area contributed by atoms with Crippen molar-refractivity contribution in [1.82, 2.24) is 15.0 Å². The molecule has 0 saturated heterocycles. The van der Waals surface area contributed by atoms with Gasteiger partial charge in [-0.15, -0.1) is 11.3 Å². The third kappa shape index (κ3) is 5.01. The molecule has 0 radical (unpaired) electrons. The van der Waals surface area contributed by atoms with Crippen LogP contribution in [0.5, 0.6) is 0 Å². The van der Waals surface area contributed by atoms with Gasteiger partial charge in [-0.3, -0.25) is 0 Å². The largest absolute Gasteiger partial charge is 0.208 e. The molecule has 0 fully saturated rings. The molecule has 10 rings (SSSR count). The quantitative estimate of drug-likeness (QED) is 0.182. The number of allylic oxidation sites excluding steroid dienone is 4. The molecule has 3 nitrogen and oxygen atoms in total. The molecule has 0 N–H and O–H groups in total. The number of thiophene rings is 1. The third-order valence-electron chi connectivity index (χ3n) is 9.78. The molecule has 0 spiro atoms. The van der Waals surface area contributed by atoms with Gasteiger partial charge in [0.1, 0.15) is 0 Å². The summed E-state index contributed by atoms with van der Waals surface area (Å²) in [4.78, 5) is 17.9. The van der Waals surface area contributed by atoms with E-state index in [0.717, 1.165) is 16.7 Å². The van der Waals surface area contributed by atoms with Crippen LogP contribution in [0.25, 0.3) is 65.5 Å². The van der Waals surface area contributed by atoms with Gasteiger partial charge in [0.05, 0.1) is 0 Å². The molecular formula is C45H29N3S2. The molecule has 1 aliphatic carbocycles. The summed E-state index contributed by atoms with van der Waals surface area (Å²) in [5.74, 6) is 2.39. The van der Waals surface area contributed by atoms with E-state index in [2.05, 4.69) is 127 Å². The maximum atomic E-state index is 5.10. The van der Waals surface area contributed by atoms with Gasteiger partial charge in [-0.25, -0.2) is 15.0 Å². The van der Waals surface area contributed by atoms with Gasteiger partial charge >= 0.3 is 0 Å². The van der Waals surface area contributed by atoms with E-state index in [1.807, 2.05) is 59.5 Å². The van der Waals surface area contributed by atoms with Crippen LogP contribution in [0.1, 0.15) is 23.0 Å². The molecule has 0 saturated carbocycles. The highest BCUT2D eigenvalue weighted by molar-refractivity contribution is 8.03. The van der Waals surface area contributed by atoms with Crippen molar-refractivity contribution in [2.24, 2.45) is 0 Å². The minimum absolute atomic E-state index is 0.142. The van der Waals surface area contributed by atoms with E-state index in [0.29, 0.717) is 17.5 Å². The second-order valence-electron chi connectivity index (χ2n) is 12.7. The van der Waals surface area contributed by atoms with Crippen LogP contribution in [0.3, 0.4) is 0 Å². The molecule has 2 atom stereocenters. The Kier molecular flexibility index (Phi) is 7.07. The first-order valence-electron chi connectivity index (χ1n) is 16.8. The SMILES string of the molecule is C1=CC(c2cc(-c3nc(-c4ccccc4)nc(-c4ccccc4)n3)ccc2-c2ccc3c(c2)sc2ccccc23)[C@@H]2C(=C1)Sc1ccccc12. The normalized spacial score (nSPS) is 16.4. The number of benzene rings is 6. The summed E-state index contributed by atoms with van der Waals surface area (Å²) in [7, 11) is 0. The molecule has 236 valence electrons. The minimum Gasteiger partial charge on any atom is -0.208 e. The lowest BCUT2D eigenvalue weighted by Crippen LogP contribution is -2.12. The second-order valence-corrected chi connectivity index (χ2v) is 14.9. The maximum Gasteiger partial charge on any atom is 0.164 e. The molecule has 2 aliphatic rings. The first kappa shape index (κ1) is 29.3. The fourth-order valence-corrected chi connectivity index (χ4v) is 9.82. The van der Waals surface area contributed by atoms with Crippen LogP contribution < -0.4 is 0 Å². The Balaban J connectivity index is 1.18. The minimum atomic E-state index is 0.142. The van der Waals surface area contributed by atoms with Crippen LogP contribution in [0.4, 0.5) is 0 Å². The predicted molar refractivity (Wildman–Crippen MR) is 209 cm³/mol. The van der Waals surface area contributed by atoms with Crippen LogP contribution in [-0.4, -0.2) is 15.0 Å². The molecule has 50 heavy (non-hydrogen) atoms. The van der Waals surface area contributed by atoms with Crippen molar-refractivity contribution in [2.45, 2.75) is 16.7 Å². The number of nitrogens with zero attached hydrogens (tertiary/aromatic N) is 3. The highest BCUT2D eigenvalue weighted by Gasteiger charge is 2.36. The van der Waals surface area contributed by atoms with Crippen LogP contribution in [0.2, 0.25) is 0 Å². The molecule has 1 aliphatic heterocycles. The number of hydrogen-bond acceptors (Lipinski definition) is 5. The number of aromatic nitrogens is 3. The summed E-state index contributed by atoms with van der Waals surface area (Å²) in [5.41, 5.74) is 8.03. The van der Waals surface area contributed by atoms with Crippen LogP contribution >= 0.6 is 23.1 Å². The van der Waals surface area contributed by atoms with Gasteiger partial charge in [-0.1, -0.05) is 151 Å². The van der Waals surface area contributed by atoms with Crippen molar-refractivity contribution < 1.29 is 0 Å². The van der Waals surface area contributed by atoms with Crippen LogP contribution in [0.15, 0.2) is 174 Å². The van der Waals surface area contributed by atoms with E-state index in [-0.39, 0.29) is 11.8 Å². The Bertz CT molecular complexity index is 2580.